The highest BCUT2D eigenvalue weighted by atomic mass is 35.5. The largest absolute Gasteiger partial charge is 0.409 e. The van der Waals surface area contributed by atoms with Crippen LogP contribution < -0.4 is 5.73 Å². The third-order valence-electron chi connectivity index (χ3n) is 2.66. The van der Waals surface area contributed by atoms with Gasteiger partial charge in [0.1, 0.15) is 11.7 Å². The summed E-state index contributed by atoms with van der Waals surface area (Å²) in [5.41, 5.74) is 6.35. The lowest BCUT2D eigenvalue weighted by atomic mass is 10.1. The summed E-state index contributed by atoms with van der Waals surface area (Å²) in [6.45, 7) is 3.05. The van der Waals surface area contributed by atoms with Crippen molar-refractivity contribution in [2.75, 3.05) is 13.6 Å². The van der Waals surface area contributed by atoms with Crippen LogP contribution in [0.2, 0.25) is 5.02 Å². The molecule has 0 saturated carbocycles. The number of halogens is 2. The Morgan fingerprint density at radius 2 is 2.28 bits per heavy atom. The van der Waals surface area contributed by atoms with Crippen molar-refractivity contribution >= 4 is 17.4 Å². The first-order chi connectivity index (χ1) is 8.43. The minimum absolute atomic E-state index is 0.0702. The molecule has 0 radical (unpaired) electrons. The topological polar surface area (TPSA) is 61.8 Å². The van der Waals surface area contributed by atoms with Gasteiger partial charge >= 0.3 is 0 Å². The molecule has 0 fully saturated rings. The molecule has 0 aliphatic rings. The number of hydrogen-bond donors (Lipinski definition) is 2. The summed E-state index contributed by atoms with van der Waals surface area (Å²) in [6, 6.07) is 4.32. The van der Waals surface area contributed by atoms with Gasteiger partial charge in [-0.05, 0) is 24.7 Å². The minimum atomic E-state index is -0.351. The third kappa shape index (κ3) is 4.16. The molecule has 0 amide bonds. The van der Waals surface area contributed by atoms with Crippen molar-refractivity contribution in [1.29, 1.82) is 0 Å². The lowest BCUT2D eigenvalue weighted by Crippen LogP contribution is -2.32. The molecule has 6 heteroatoms. The number of benzene rings is 1. The van der Waals surface area contributed by atoms with E-state index in [0.29, 0.717) is 18.1 Å². The Morgan fingerprint density at radius 3 is 2.83 bits per heavy atom. The lowest BCUT2D eigenvalue weighted by molar-refractivity contribution is 0.290. The van der Waals surface area contributed by atoms with E-state index in [-0.39, 0.29) is 17.6 Å². The Labute approximate surface area is 111 Å². The molecule has 1 unspecified atom stereocenters. The van der Waals surface area contributed by atoms with E-state index in [4.69, 9.17) is 22.5 Å². The summed E-state index contributed by atoms with van der Waals surface area (Å²) in [5.74, 6) is -0.234. The van der Waals surface area contributed by atoms with E-state index in [2.05, 4.69) is 5.16 Å². The zero-order chi connectivity index (χ0) is 13.7. The van der Waals surface area contributed by atoms with Crippen molar-refractivity contribution in [1.82, 2.24) is 4.90 Å². The minimum Gasteiger partial charge on any atom is -0.409 e. The number of hydrogen-bond acceptors (Lipinski definition) is 3. The second-order valence-corrected chi connectivity index (χ2v) is 4.77. The van der Waals surface area contributed by atoms with Gasteiger partial charge in [-0.15, -0.1) is 0 Å². The smallest absolute Gasteiger partial charge is 0.143 e. The molecule has 4 nitrogen and oxygen atoms in total. The van der Waals surface area contributed by atoms with Crippen LogP contribution in [0.25, 0.3) is 0 Å². The van der Waals surface area contributed by atoms with Crippen LogP contribution in [0.4, 0.5) is 4.39 Å². The van der Waals surface area contributed by atoms with Crippen LogP contribution in [-0.2, 0) is 6.54 Å². The van der Waals surface area contributed by atoms with Crippen LogP contribution in [0.3, 0.4) is 0 Å². The number of nitrogens with two attached hydrogens (primary N) is 1. The first-order valence-corrected chi connectivity index (χ1v) is 5.91. The zero-order valence-electron chi connectivity index (χ0n) is 10.4. The molecule has 0 saturated heterocycles. The fourth-order valence-electron chi connectivity index (χ4n) is 1.66. The van der Waals surface area contributed by atoms with Crippen molar-refractivity contribution in [2.24, 2.45) is 16.8 Å². The van der Waals surface area contributed by atoms with E-state index in [9.17, 15) is 4.39 Å². The molecule has 0 bridgehead atoms. The molecular formula is C12H17ClFN3O. The van der Waals surface area contributed by atoms with Gasteiger partial charge in [0.05, 0.1) is 0 Å². The molecule has 1 atom stereocenters. The van der Waals surface area contributed by atoms with E-state index in [1.807, 2.05) is 18.9 Å². The summed E-state index contributed by atoms with van der Waals surface area (Å²) in [7, 11) is 1.89. The van der Waals surface area contributed by atoms with E-state index in [1.54, 1.807) is 6.07 Å². The molecule has 0 heterocycles. The molecule has 18 heavy (non-hydrogen) atoms. The normalized spacial score (nSPS) is 13.9. The van der Waals surface area contributed by atoms with Crippen molar-refractivity contribution in [2.45, 2.75) is 13.5 Å². The van der Waals surface area contributed by atoms with Gasteiger partial charge in [0, 0.05) is 24.0 Å². The van der Waals surface area contributed by atoms with Gasteiger partial charge in [0.25, 0.3) is 0 Å². The van der Waals surface area contributed by atoms with Crippen LogP contribution in [0.5, 0.6) is 0 Å². The van der Waals surface area contributed by atoms with E-state index < -0.39 is 0 Å². The van der Waals surface area contributed by atoms with Gasteiger partial charge in [0.2, 0.25) is 0 Å². The summed E-state index contributed by atoms with van der Waals surface area (Å²) in [6.07, 6.45) is 0. The van der Waals surface area contributed by atoms with Crippen molar-refractivity contribution in [3.8, 4) is 0 Å². The molecule has 0 aliphatic carbocycles. The molecule has 0 spiro atoms. The Hall–Kier alpha value is -1.33. The van der Waals surface area contributed by atoms with Gasteiger partial charge in [-0.1, -0.05) is 29.7 Å². The maximum Gasteiger partial charge on any atom is 0.143 e. The molecule has 1 rings (SSSR count). The summed E-state index contributed by atoms with van der Waals surface area (Å²) in [4.78, 5) is 1.97. The van der Waals surface area contributed by atoms with E-state index >= 15 is 0 Å². The molecular weight excluding hydrogens is 257 g/mol. The summed E-state index contributed by atoms with van der Waals surface area (Å²) in [5, 5.41) is 11.9. The van der Waals surface area contributed by atoms with Gasteiger partial charge in [-0.25, -0.2) is 4.39 Å². The molecule has 0 aromatic heterocycles. The Balaban J connectivity index is 2.62. The first-order valence-electron chi connectivity index (χ1n) is 5.54. The lowest BCUT2D eigenvalue weighted by Gasteiger charge is -2.21. The maximum atomic E-state index is 12.9. The monoisotopic (exact) mass is 273 g/mol. The Morgan fingerprint density at radius 1 is 1.61 bits per heavy atom. The quantitative estimate of drug-likeness (QED) is 0.374. The molecule has 1 aromatic carbocycles. The number of nitrogens with zero attached hydrogens (tertiary/aromatic N) is 2. The molecule has 3 N–H and O–H groups in total. The summed E-state index contributed by atoms with van der Waals surface area (Å²) >= 11 is 5.94. The average Bonchev–Trinajstić information content (AvgIpc) is 2.31. The second-order valence-electron chi connectivity index (χ2n) is 4.36. The summed E-state index contributed by atoms with van der Waals surface area (Å²) < 4.78 is 12.9. The highest BCUT2D eigenvalue weighted by Crippen LogP contribution is 2.18. The number of amidine groups is 1. The van der Waals surface area contributed by atoms with Gasteiger partial charge in [0.15, 0.2) is 0 Å². The fourth-order valence-corrected chi connectivity index (χ4v) is 1.89. The number of rotatable bonds is 5. The van der Waals surface area contributed by atoms with Crippen LogP contribution in [0.15, 0.2) is 23.4 Å². The van der Waals surface area contributed by atoms with Gasteiger partial charge in [-0.3, -0.25) is 0 Å². The SMILES string of the molecule is CC(CN(C)Cc1ccc(F)cc1Cl)/C(N)=N/O. The highest BCUT2D eigenvalue weighted by Gasteiger charge is 2.12. The molecule has 0 aliphatic heterocycles. The molecule has 1 aromatic rings. The van der Waals surface area contributed by atoms with Crippen LogP contribution >= 0.6 is 11.6 Å². The van der Waals surface area contributed by atoms with Crippen molar-refractivity contribution < 1.29 is 9.60 Å². The van der Waals surface area contributed by atoms with Gasteiger partial charge in [-0.2, -0.15) is 0 Å². The fraction of sp³-hybridized carbons (Fsp3) is 0.417. The van der Waals surface area contributed by atoms with Crippen LogP contribution in [-0.4, -0.2) is 29.5 Å². The van der Waals surface area contributed by atoms with Gasteiger partial charge < -0.3 is 15.8 Å². The molecule has 100 valence electrons. The Bertz CT molecular complexity index is 439. The van der Waals surface area contributed by atoms with Crippen LogP contribution in [0, 0.1) is 11.7 Å². The third-order valence-corrected chi connectivity index (χ3v) is 3.01. The predicted molar refractivity (Wildman–Crippen MR) is 70.3 cm³/mol. The Kier molecular flexibility index (Phi) is 5.37. The van der Waals surface area contributed by atoms with E-state index in [0.717, 1.165) is 5.56 Å². The second kappa shape index (κ2) is 6.56. The first kappa shape index (κ1) is 14.7. The van der Waals surface area contributed by atoms with Crippen molar-refractivity contribution in [3.63, 3.8) is 0 Å². The van der Waals surface area contributed by atoms with Crippen molar-refractivity contribution in [3.05, 3.63) is 34.6 Å². The number of oxime groups is 1. The van der Waals surface area contributed by atoms with Crippen LogP contribution in [0.1, 0.15) is 12.5 Å². The highest BCUT2D eigenvalue weighted by molar-refractivity contribution is 6.31. The zero-order valence-corrected chi connectivity index (χ0v) is 11.2. The standard InChI is InChI=1S/C12H17ClFN3O/c1-8(12(15)16-18)6-17(2)7-9-3-4-10(14)5-11(9)13/h3-5,8,18H,6-7H2,1-2H3,(H2,15,16). The van der Waals surface area contributed by atoms with E-state index in [1.165, 1.54) is 12.1 Å². The predicted octanol–water partition coefficient (Wildman–Crippen LogP) is 2.29. The maximum absolute atomic E-state index is 12.9. The average molecular weight is 274 g/mol.